The van der Waals surface area contributed by atoms with Gasteiger partial charge in [0.1, 0.15) is 15.0 Å². The molecule has 1 rings (SSSR count). The first kappa shape index (κ1) is 13.1. The third-order valence-corrected chi connectivity index (χ3v) is 2.40. The van der Waals surface area contributed by atoms with Crippen LogP contribution in [0.15, 0.2) is 6.07 Å². The number of halogens is 6. The third kappa shape index (κ3) is 2.58. The molecule has 0 N–H and O–H groups in total. The minimum Gasteiger partial charge on any atom is -0.240 e. The lowest BCUT2D eigenvalue weighted by Crippen LogP contribution is -2.13. The van der Waals surface area contributed by atoms with Gasteiger partial charge in [-0.1, -0.05) is 0 Å². The van der Waals surface area contributed by atoms with Gasteiger partial charge < -0.3 is 0 Å². The summed E-state index contributed by atoms with van der Waals surface area (Å²) >= 11 is 1.18. The van der Waals surface area contributed by atoms with Crippen molar-refractivity contribution in [1.82, 2.24) is 4.98 Å². The molecule has 2 nitrogen and oxygen atoms in total. The summed E-state index contributed by atoms with van der Waals surface area (Å²) < 4.78 is 61.2. The second-order valence-corrected chi connectivity index (χ2v) is 3.69. The van der Waals surface area contributed by atoms with Crippen molar-refractivity contribution in [3.63, 3.8) is 0 Å². The predicted molar refractivity (Wildman–Crippen MR) is 51.6 cm³/mol. The Morgan fingerprint density at radius 3 is 2.31 bits per heavy atom. The second-order valence-electron chi connectivity index (χ2n) is 2.67. The number of hydrogen-bond acceptors (Lipinski definition) is 2. The maximum absolute atomic E-state index is 12.4. The van der Waals surface area contributed by atoms with E-state index in [9.17, 15) is 22.0 Å². The van der Waals surface area contributed by atoms with Crippen LogP contribution < -0.4 is 0 Å². The number of aromatic nitrogens is 1. The molecular weight excluding hydrogens is 346 g/mol. The summed E-state index contributed by atoms with van der Waals surface area (Å²) in [6.45, 7) is 0. The lowest BCUT2D eigenvalue weighted by Gasteiger charge is -2.11. The number of nitrogens with zero attached hydrogens (tertiary/aromatic N) is 2. The summed E-state index contributed by atoms with van der Waals surface area (Å²) in [6.07, 6.45) is -7.79. The minimum atomic E-state index is -4.78. The first-order valence-corrected chi connectivity index (χ1v) is 4.81. The van der Waals surface area contributed by atoms with Crippen LogP contribution >= 0.6 is 22.6 Å². The molecule has 8 heteroatoms. The van der Waals surface area contributed by atoms with Gasteiger partial charge in [-0.3, -0.25) is 0 Å². The highest BCUT2D eigenvalue weighted by molar-refractivity contribution is 14.1. The van der Waals surface area contributed by atoms with Crippen molar-refractivity contribution in [3.8, 4) is 6.07 Å². The van der Waals surface area contributed by atoms with Crippen LogP contribution in [0.1, 0.15) is 23.2 Å². The van der Waals surface area contributed by atoms with Gasteiger partial charge in [0.2, 0.25) is 0 Å². The van der Waals surface area contributed by atoms with Crippen LogP contribution in [0.4, 0.5) is 22.0 Å². The zero-order valence-corrected chi connectivity index (χ0v) is 9.47. The maximum Gasteiger partial charge on any atom is 0.420 e. The van der Waals surface area contributed by atoms with Crippen LogP contribution in [-0.4, -0.2) is 4.98 Å². The molecular formula is C8H2F5IN2. The number of alkyl halides is 5. The van der Waals surface area contributed by atoms with Gasteiger partial charge in [-0.15, -0.1) is 0 Å². The Morgan fingerprint density at radius 2 is 1.94 bits per heavy atom. The molecule has 0 saturated carbocycles. The van der Waals surface area contributed by atoms with Gasteiger partial charge in [-0.25, -0.2) is 13.8 Å². The summed E-state index contributed by atoms with van der Waals surface area (Å²) in [5.74, 6) is 0. The SMILES string of the molecule is N#Cc1cc(C(F)F)nc(I)c1C(F)(F)F. The summed E-state index contributed by atoms with van der Waals surface area (Å²) in [6, 6.07) is 1.69. The molecule has 86 valence electrons. The molecule has 16 heavy (non-hydrogen) atoms. The number of nitriles is 1. The van der Waals surface area contributed by atoms with Crippen molar-refractivity contribution >= 4 is 22.6 Å². The average Bonchev–Trinajstić information content (AvgIpc) is 2.14. The molecule has 0 atom stereocenters. The fourth-order valence-electron chi connectivity index (χ4n) is 1.00. The van der Waals surface area contributed by atoms with Crippen LogP contribution in [0.2, 0.25) is 0 Å². The van der Waals surface area contributed by atoms with Crippen molar-refractivity contribution in [1.29, 1.82) is 5.26 Å². The molecule has 0 spiro atoms. The van der Waals surface area contributed by atoms with Gasteiger partial charge in [-0.05, 0) is 28.7 Å². The lowest BCUT2D eigenvalue weighted by atomic mass is 10.1. The number of rotatable bonds is 1. The topological polar surface area (TPSA) is 36.7 Å². The van der Waals surface area contributed by atoms with Gasteiger partial charge in [0.25, 0.3) is 6.43 Å². The number of pyridine rings is 1. The third-order valence-electron chi connectivity index (χ3n) is 1.62. The van der Waals surface area contributed by atoms with Crippen LogP contribution in [0.25, 0.3) is 0 Å². The van der Waals surface area contributed by atoms with E-state index in [2.05, 4.69) is 4.98 Å². The molecule has 0 amide bonds. The fraction of sp³-hybridized carbons (Fsp3) is 0.250. The average molecular weight is 348 g/mol. The molecule has 0 radical (unpaired) electrons. The molecule has 1 heterocycles. The van der Waals surface area contributed by atoms with E-state index in [0.29, 0.717) is 6.07 Å². The predicted octanol–water partition coefficient (Wildman–Crippen LogP) is 3.51. The molecule has 1 aromatic heterocycles. The van der Waals surface area contributed by atoms with E-state index in [4.69, 9.17) is 5.26 Å². The Balaban J connectivity index is 3.49. The molecule has 0 aliphatic heterocycles. The summed E-state index contributed by atoms with van der Waals surface area (Å²) in [7, 11) is 0. The molecule has 0 bridgehead atoms. The van der Waals surface area contributed by atoms with E-state index in [1.807, 2.05) is 0 Å². The van der Waals surface area contributed by atoms with Crippen LogP contribution in [0.5, 0.6) is 0 Å². The zero-order valence-electron chi connectivity index (χ0n) is 7.32. The van der Waals surface area contributed by atoms with Gasteiger partial charge in [-0.2, -0.15) is 18.4 Å². The normalized spacial score (nSPS) is 11.6. The largest absolute Gasteiger partial charge is 0.420 e. The van der Waals surface area contributed by atoms with E-state index >= 15 is 0 Å². The van der Waals surface area contributed by atoms with E-state index in [-0.39, 0.29) is 0 Å². The van der Waals surface area contributed by atoms with Gasteiger partial charge in [0.15, 0.2) is 0 Å². The summed E-state index contributed by atoms with van der Waals surface area (Å²) in [5.41, 5.74) is -2.96. The molecule has 0 aromatic carbocycles. The van der Waals surface area contributed by atoms with Crippen LogP contribution in [-0.2, 0) is 6.18 Å². The second kappa shape index (κ2) is 4.48. The molecule has 0 fully saturated rings. The Bertz CT molecular complexity index is 449. The molecule has 1 aromatic rings. The van der Waals surface area contributed by atoms with E-state index in [1.165, 1.54) is 28.7 Å². The minimum absolute atomic E-state index is 0.454. The maximum atomic E-state index is 12.4. The fourth-order valence-corrected chi connectivity index (χ4v) is 1.88. The molecule has 0 aliphatic carbocycles. The quantitative estimate of drug-likeness (QED) is 0.443. The zero-order chi connectivity index (χ0) is 12.5. The first-order valence-electron chi connectivity index (χ1n) is 3.73. The van der Waals surface area contributed by atoms with E-state index in [1.54, 1.807) is 0 Å². The van der Waals surface area contributed by atoms with Crippen molar-refractivity contribution in [3.05, 3.63) is 26.6 Å². The van der Waals surface area contributed by atoms with Crippen molar-refractivity contribution in [2.45, 2.75) is 12.6 Å². The summed E-state index contributed by atoms with van der Waals surface area (Å²) in [5, 5.41) is 8.49. The standard InChI is InChI=1S/C8H2F5IN2/c9-6(10)4-1-3(2-15)5(7(14)16-4)8(11,12)13/h1,6H. The van der Waals surface area contributed by atoms with Gasteiger partial charge in [0, 0.05) is 0 Å². The Morgan fingerprint density at radius 1 is 1.38 bits per heavy atom. The lowest BCUT2D eigenvalue weighted by molar-refractivity contribution is -0.138. The highest BCUT2D eigenvalue weighted by Gasteiger charge is 2.37. The Labute approximate surface area is 100 Å². The van der Waals surface area contributed by atoms with Crippen molar-refractivity contribution < 1.29 is 22.0 Å². The van der Waals surface area contributed by atoms with Gasteiger partial charge >= 0.3 is 6.18 Å². The smallest absolute Gasteiger partial charge is 0.240 e. The first-order chi connectivity index (χ1) is 7.27. The highest BCUT2D eigenvalue weighted by atomic mass is 127. The Hall–Kier alpha value is -0.980. The highest BCUT2D eigenvalue weighted by Crippen LogP contribution is 2.35. The number of hydrogen-bond donors (Lipinski definition) is 0. The van der Waals surface area contributed by atoms with Gasteiger partial charge in [0.05, 0.1) is 11.6 Å². The molecule has 0 saturated heterocycles. The van der Waals surface area contributed by atoms with Crippen molar-refractivity contribution in [2.75, 3.05) is 0 Å². The monoisotopic (exact) mass is 348 g/mol. The molecule has 0 aliphatic rings. The van der Waals surface area contributed by atoms with Crippen molar-refractivity contribution in [2.24, 2.45) is 0 Å². The summed E-state index contributed by atoms with van der Waals surface area (Å²) in [4.78, 5) is 3.11. The Kier molecular flexibility index (Phi) is 3.67. The van der Waals surface area contributed by atoms with Crippen LogP contribution in [0, 0.1) is 15.0 Å². The van der Waals surface area contributed by atoms with E-state index < -0.39 is 33.1 Å². The van der Waals surface area contributed by atoms with E-state index in [0.717, 1.165) is 0 Å². The van der Waals surface area contributed by atoms with Crippen LogP contribution in [0.3, 0.4) is 0 Å². The molecule has 0 unspecified atom stereocenters.